The molecule has 0 radical (unpaired) electrons. The van der Waals surface area contributed by atoms with E-state index in [1.165, 1.54) is 12.1 Å². The van der Waals surface area contributed by atoms with Gasteiger partial charge in [0.15, 0.2) is 0 Å². The maximum absolute atomic E-state index is 11.8. The van der Waals surface area contributed by atoms with Crippen LogP contribution in [0.4, 0.5) is 0 Å². The van der Waals surface area contributed by atoms with Crippen molar-refractivity contribution in [1.82, 2.24) is 10.6 Å². The Morgan fingerprint density at radius 2 is 1.81 bits per heavy atom. The van der Waals surface area contributed by atoms with E-state index in [-0.39, 0.29) is 17.4 Å². The maximum atomic E-state index is 11.8. The highest BCUT2D eigenvalue weighted by Gasteiger charge is 2.08. The molecule has 114 valence electrons. The molecule has 0 bridgehead atoms. The first kappa shape index (κ1) is 16.7. The molecular weight excluding hydrogens is 272 g/mol. The molecule has 0 saturated carbocycles. The Morgan fingerprint density at radius 1 is 1.10 bits per heavy atom. The van der Waals surface area contributed by atoms with Gasteiger partial charge in [-0.3, -0.25) is 9.59 Å². The van der Waals surface area contributed by atoms with Crippen LogP contribution in [-0.2, 0) is 4.79 Å². The van der Waals surface area contributed by atoms with E-state index in [2.05, 4.69) is 10.6 Å². The van der Waals surface area contributed by atoms with Crippen LogP contribution >= 0.6 is 0 Å². The van der Waals surface area contributed by atoms with Gasteiger partial charge in [-0.05, 0) is 31.0 Å². The van der Waals surface area contributed by atoms with Gasteiger partial charge in [0.25, 0.3) is 5.91 Å². The molecule has 3 N–H and O–H groups in total. The molecule has 0 aromatic heterocycles. The molecule has 0 aliphatic rings. The van der Waals surface area contributed by atoms with Crippen LogP contribution in [0.15, 0.2) is 24.3 Å². The second-order valence-corrected chi connectivity index (χ2v) is 4.63. The Kier molecular flexibility index (Phi) is 6.94. The smallest absolute Gasteiger partial charge is 0.335 e. The number of carboxylic acid groups (broad SMARTS) is 1. The van der Waals surface area contributed by atoms with E-state index in [4.69, 9.17) is 5.11 Å². The summed E-state index contributed by atoms with van der Waals surface area (Å²) in [7, 11) is 1.60. The Hall–Kier alpha value is -2.37. The fourth-order valence-electron chi connectivity index (χ4n) is 1.81. The number of hydrogen-bond donors (Lipinski definition) is 3. The van der Waals surface area contributed by atoms with Gasteiger partial charge in [0.2, 0.25) is 5.91 Å². The molecule has 6 nitrogen and oxygen atoms in total. The molecule has 1 aromatic rings. The summed E-state index contributed by atoms with van der Waals surface area (Å²) >= 11 is 0. The third kappa shape index (κ3) is 6.07. The molecule has 0 unspecified atom stereocenters. The molecule has 0 heterocycles. The summed E-state index contributed by atoms with van der Waals surface area (Å²) in [5.74, 6) is -1.33. The lowest BCUT2D eigenvalue weighted by Gasteiger charge is -2.06. The SMILES string of the molecule is CNC(=O)CCCCCNC(=O)c1cccc(C(=O)O)c1. The van der Waals surface area contributed by atoms with E-state index in [0.29, 0.717) is 18.5 Å². The van der Waals surface area contributed by atoms with Gasteiger partial charge >= 0.3 is 5.97 Å². The minimum Gasteiger partial charge on any atom is -0.478 e. The second-order valence-electron chi connectivity index (χ2n) is 4.63. The topological polar surface area (TPSA) is 95.5 Å². The number of aromatic carboxylic acids is 1. The fourth-order valence-corrected chi connectivity index (χ4v) is 1.81. The van der Waals surface area contributed by atoms with Crippen molar-refractivity contribution in [2.45, 2.75) is 25.7 Å². The van der Waals surface area contributed by atoms with Crippen molar-refractivity contribution >= 4 is 17.8 Å². The standard InChI is InChI=1S/C15H20N2O4/c1-16-13(18)8-3-2-4-9-17-14(19)11-6-5-7-12(10-11)15(20)21/h5-7,10H,2-4,8-9H2,1H3,(H,16,18)(H,17,19)(H,20,21). The fraction of sp³-hybridized carbons (Fsp3) is 0.400. The van der Waals surface area contributed by atoms with Crippen molar-refractivity contribution in [2.24, 2.45) is 0 Å². The molecule has 1 rings (SSSR count). The predicted molar refractivity (Wildman–Crippen MR) is 78.3 cm³/mol. The van der Waals surface area contributed by atoms with Gasteiger partial charge in [-0.25, -0.2) is 4.79 Å². The molecule has 0 fully saturated rings. The Balaban J connectivity index is 2.29. The average Bonchev–Trinajstić information content (AvgIpc) is 2.50. The van der Waals surface area contributed by atoms with Crippen LogP contribution < -0.4 is 10.6 Å². The summed E-state index contributed by atoms with van der Waals surface area (Å²) in [6.45, 7) is 0.504. The lowest BCUT2D eigenvalue weighted by Crippen LogP contribution is -2.24. The highest BCUT2D eigenvalue weighted by atomic mass is 16.4. The summed E-state index contributed by atoms with van der Waals surface area (Å²) in [5.41, 5.74) is 0.425. The van der Waals surface area contributed by atoms with Crippen LogP contribution in [0.25, 0.3) is 0 Å². The Morgan fingerprint density at radius 3 is 2.48 bits per heavy atom. The molecular formula is C15H20N2O4. The highest BCUT2D eigenvalue weighted by molar-refractivity contribution is 5.97. The number of carboxylic acids is 1. The van der Waals surface area contributed by atoms with Gasteiger partial charge in [0.05, 0.1) is 5.56 Å². The van der Waals surface area contributed by atoms with Crippen LogP contribution in [0.3, 0.4) is 0 Å². The van der Waals surface area contributed by atoms with E-state index in [0.717, 1.165) is 19.3 Å². The Labute approximate surface area is 123 Å². The lowest BCUT2D eigenvalue weighted by molar-refractivity contribution is -0.120. The molecule has 0 saturated heterocycles. The summed E-state index contributed by atoms with van der Waals surface area (Å²) in [6, 6.07) is 5.91. The second kappa shape index (κ2) is 8.73. The van der Waals surface area contributed by atoms with E-state index in [1.54, 1.807) is 19.2 Å². The number of amides is 2. The molecule has 6 heteroatoms. The van der Waals surface area contributed by atoms with Crippen molar-refractivity contribution < 1.29 is 19.5 Å². The van der Waals surface area contributed by atoms with Crippen molar-refractivity contribution in [3.63, 3.8) is 0 Å². The number of carbonyl (C=O) groups excluding carboxylic acids is 2. The largest absolute Gasteiger partial charge is 0.478 e. The number of nitrogens with one attached hydrogen (secondary N) is 2. The van der Waals surface area contributed by atoms with Gasteiger partial charge in [-0.2, -0.15) is 0 Å². The van der Waals surface area contributed by atoms with Crippen LogP contribution in [0, 0.1) is 0 Å². The number of rotatable bonds is 8. The summed E-state index contributed by atoms with van der Waals surface area (Å²) in [4.78, 5) is 33.7. The number of benzene rings is 1. The van der Waals surface area contributed by atoms with Crippen LogP contribution in [0.5, 0.6) is 0 Å². The number of unbranched alkanes of at least 4 members (excludes halogenated alkanes) is 2. The molecule has 0 atom stereocenters. The Bertz CT molecular complexity index is 514. The molecule has 0 aliphatic carbocycles. The zero-order chi connectivity index (χ0) is 15.7. The van der Waals surface area contributed by atoms with Gasteiger partial charge < -0.3 is 15.7 Å². The quantitative estimate of drug-likeness (QED) is 0.631. The van der Waals surface area contributed by atoms with Crippen LogP contribution in [-0.4, -0.2) is 36.5 Å². The zero-order valence-electron chi connectivity index (χ0n) is 12.0. The monoisotopic (exact) mass is 292 g/mol. The molecule has 21 heavy (non-hydrogen) atoms. The number of carbonyl (C=O) groups is 3. The minimum absolute atomic E-state index is 0.0181. The first-order valence-electron chi connectivity index (χ1n) is 6.86. The molecule has 0 spiro atoms. The van der Waals surface area contributed by atoms with Crippen molar-refractivity contribution in [3.8, 4) is 0 Å². The van der Waals surface area contributed by atoms with Gasteiger partial charge in [-0.1, -0.05) is 12.5 Å². The molecule has 2 amide bonds. The van der Waals surface area contributed by atoms with Gasteiger partial charge in [0, 0.05) is 25.6 Å². The van der Waals surface area contributed by atoms with Gasteiger partial charge in [-0.15, -0.1) is 0 Å². The van der Waals surface area contributed by atoms with E-state index >= 15 is 0 Å². The first-order chi connectivity index (χ1) is 10.0. The summed E-state index contributed by atoms with van der Waals surface area (Å²) < 4.78 is 0. The van der Waals surface area contributed by atoms with Crippen LogP contribution in [0.1, 0.15) is 46.4 Å². The lowest BCUT2D eigenvalue weighted by atomic mass is 10.1. The summed E-state index contributed by atoms with van der Waals surface area (Å²) in [5, 5.41) is 14.2. The third-order valence-corrected chi connectivity index (χ3v) is 3.02. The zero-order valence-corrected chi connectivity index (χ0v) is 12.0. The van der Waals surface area contributed by atoms with E-state index < -0.39 is 5.97 Å². The normalized spacial score (nSPS) is 9.95. The maximum Gasteiger partial charge on any atom is 0.335 e. The van der Waals surface area contributed by atoms with Gasteiger partial charge in [0.1, 0.15) is 0 Å². The van der Waals surface area contributed by atoms with Crippen molar-refractivity contribution in [2.75, 3.05) is 13.6 Å². The third-order valence-electron chi connectivity index (χ3n) is 3.02. The van der Waals surface area contributed by atoms with E-state index in [9.17, 15) is 14.4 Å². The predicted octanol–water partition coefficient (Wildman–Crippen LogP) is 1.42. The number of hydrogen-bond acceptors (Lipinski definition) is 3. The van der Waals surface area contributed by atoms with Crippen molar-refractivity contribution in [1.29, 1.82) is 0 Å². The molecule has 1 aromatic carbocycles. The molecule has 0 aliphatic heterocycles. The minimum atomic E-state index is -1.06. The average molecular weight is 292 g/mol. The first-order valence-corrected chi connectivity index (χ1v) is 6.86. The van der Waals surface area contributed by atoms with Crippen LogP contribution in [0.2, 0.25) is 0 Å². The summed E-state index contributed by atoms with van der Waals surface area (Å²) in [6.07, 6.45) is 2.90. The van der Waals surface area contributed by atoms with Crippen molar-refractivity contribution in [3.05, 3.63) is 35.4 Å². The van der Waals surface area contributed by atoms with E-state index in [1.807, 2.05) is 0 Å². The highest BCUT2D eigenvalue weighted by Crippen LogP contribution is 2.05.